The van der Waals surface area contributed by atoms with Gasteiger partial charge in [0.05, 0.1) is 6.61 Å². The number of alkyl carbamates (subject to hydrolysis) is 1. The molecule has 0 heterocycles. The first-order chi connectivity index (χ1) is 10.6. The minimum atomic E-state index is -0.405. The van der Waals surface area contributed by atoms with Gasteiger partial charge >= 0.3 is 6.09 Å². The van der Waals surface area contributed by atoms with Crippen LogP contribution in [0.4, 0.5) is 4.79 Å². The molecule has 0 fully saturated rings. The first-order valence-electron chi connectivity index (χ1n) is 8.11. The van der Waals surface area contributed by atoms with Gasteiger partial charge in [-0.2, -0.15) is 0 Å². The lowest BCUT2D eigenvalue weighted by atomic mass is 9.83. The summed E-state index contributed by atoms with van der Waals surface area (Å²) in [6.45, 7) is 7.79. The van der Waals surface area contributed by atoms with E-state index in [1.807, 2.05) is 12.2 Å². The Labute approximate surface area is 133 Å². The lowest BCUT2D eigenvalue weighted by Crippen LogP contribution is -2.38. The largest absolute Gasteiger partial charge is 0.449 e. The molecule has 0 aromatic carbocycles. The van der Waals surface area contributed by atoms with Gasteiger partial charge in [-0.1, -0.05) is 26.0 Å². The van der Waals surface area contributed by atoms with Gasteiger partial charge in [-0.25, -0.2) is 4.79 Å². The molecule has 1 aliphatic carbocycles. The third-order valence-corrected chi connectivity index (χ3v) is 4.17. The maximum atomic E-state index is 11.8. The Balaban J connectivity index is 2.30. The number of allylic oxidation sites excluding steroid dienone is 2. The van der Waals surface area contributed by atoms with Crippen LogP contribution in [0.2, 0.25) is 0 Å². The zero-order valence-electron chi connectivity index (χ0n) is 13.9. The zero-order chi connectivity index (χ0) is 16.4. The summed E-state index contributed by atoms with van der Waals surface area (Å²) in [4.78, 5) is 25.8. The minimum absolute atomic E-state index is 0.0138. The summed E-state index contributed by atoms with van der Waals surface area (Å²) in [6, 6.07) is 0. The van der Waals surface area contributed by atoms with Crippen LogP contribution in [0, 0.1) is 11.8 Å². The van der Waals surface area contributed by atoms with Crippen molar-refractivity contribution in [1.82, 2.24) is 15.5 Å². The van der Waals surface area contributed by atoms with Crippen molar-refractivity contribution < 1.29 is 14.3 Å². The van der Waals surface area contributed by atoms with E-state index in [1.54, 1.807) is 7.05 Å². The Kier molecular flexibility index (Phi) is 8.58. The van der Waals surface area contributed by atoms with E-state index in [0.717, 1.165) is 26.1 Å². The Morgan fingerprint density at radius 3 is 2.55 bits per heavy atom. The van der Waals surface area contributed by atoms with Crippen LogP contribution in [-0.2, 0) is 9.53 Å². The number of nitrogens with zero attached hydrogens (tertiary/aromatic N) is 1. The van der Waals surface area contributed by atoms with E-state index in [9.17, 15) is 9.59 Å². The van der Waals surface area contributed by atoms with Crippen molar-refractivity contribution in [2.45, 2.75) is 26.7 Å². The van der Waals surface area contributed by atoms with Crippen molar-refractivity contribution in [2.24, 2.45) is 11.8 Å². The number of hydrogen-bond donors (Lipinski definition) is 2. The monoisotopic (exact) mass is 311 g/mol. The van der Waals surface area contributed by atoms with Crippen molar-refractivity contribution in [1.29, 1.82) is 0 Å². The Morgan fingerprint density at radius 1 is 1.23 bits per heavy atom. The summed E-state index contributed by atoms with van der Waals surface area (Å²) < 4.78 is 5.27. The lowest BCUT2D eigenvalue weighted by Gasteiger charge is -2.26. The molecule has 2 amide bonds. The zero-order valence-corrected chi connectivity index (χ0v) is 13.9. The van der Waals surface area contributed by atoms with Gasteiger partial charge in [0, 0.05) is 32.0 Å². The fourth-order valence-corrected chi connectivity index (χ4v) is 2.65. The standard InChI is InChI=1S/C16H29N3O3/c1-4-19(5-2)11-10-18-16(21)22-12-13-8-6-7-9-14(13)15(20)17-3/h6-7,13-14H,4-5,8-12H2,1-3H3,(H,17,20)(H,18,21). The molecular weight excluding hydrogens is 282 g/mol. The Hall–Kier alpha value is -1.56. The van der Waals surface area contributed by atoms with E-state index >= 15 is 0 Å². The second-order valence-electron chi connectivity index (χ2n) is 5.48. The molecule has 2 atom stereocenters. The van der Waals surface area contributed by atoms with Gasteiger partial charge in [0.1, 0.15) is 0 Å². The molecule has 0 spiro atoms. The van der Waals surface area contributed by atoms with Gasteiger partial charge < -0.3 is 20.3 Å². The molecule has 0 aromatic heterocycles. The predicted octanol–water partition coefficient (Wildman–Crippen LogP) is 1.38. The third-order valence-electron chi connectivity index (χ3n) is 4.17. The predicted molar refractivity (Wildman–Crippen MR) is 86.6 cm³/mol. The van der Waals surface area contributed by atoms with Crippen LogP contribution in [0.1, 0.15) is 26.7 Å². The number of ether oxygens (including phenoxy) is 1. The molecule has 0 saturated carbocycles. The summed E-state index contributed by atoms with van der Waals surface area (Å²) >= 11 is 0. The van der Waals surface area contributed by atoms with Crippen molar-refractivity contribution in [3.63, 3.8) is 0 Å². The number of amides is 2. The van der Waals surface area contributed by atoms with Crippen LogP contribution < -0.4 is 10.6 Å². The number of nitrogens with one attached hydrogen (secondary N) is 2. The summed E-state index contributed by atoms with van der Waals surface area (Å²) in [5.41, 5.74) is 0. The lowest BCUT2D eigenvalue weighted by molar-refractivity contribution is -0.126. The summed E-state index contributed by atoms with van der Waals surface area (Å²) in [6.07, 6.45) is 5.13. The molecule has 22 heavy (non-hydrogen) atoms. The van der Waals surface area contributed by atoms with E-state index in [4.69, 9.17) is 4.74 Å². The van der Waals surface area contributed by atoms with Crippen molar-refractivity contribution >= 4 is 12.0 Å². The highest BCUT2D eigenvalue weighted by Crippen LogP contribution is 2.26. The van der Waals surface area contributed by atoms with Crippen LogP contribution in [0.15, 0.2) is 12.2 Å². The van der Waals surface area contributed by atoms with Crippen LogP contribution >= 0.6 is 0 Å². The molecule has 6 nitrogen and oxygen atoms in total. The van der Waals surface area contributed by atoms with Crippen LogP contribution in [0.5, 0.6) is 0 Å². The van der Waals surface area contributed by atoms with Crippen LogP contribution in [-0.4, -0.2) is 56.7 Å². The van der Waals surface area contributed by atoms with Crippen LogP contribution in [0.25, 0.3) is 0 Å². The molecule has 1 rings (SSSR count). The Bertz CT molecular complexity index is 381. The average molecular weight is 311 g/mol. The number of hydrogen-bond acceptors (Lipinski definition) is 4. The maximum Gasteiger partial charge on any atom is 0.407 e. The smallest absolute Gasteiger partial charge is 0.407 e. The van der Waals surface area contributed by atoms with Gasteiger partial charge in [-0.05, 0) is 25.9 Å². The minimum Gasteiger partial charge on any atom is -0.449 e. The second kappa shape index (κ2) is 10.2. The summed E-state index contributed by atoms with van der Waals surface area (Å²) in [5.74, 6) is -0.0446. The fourth-order valence-electron chi connectivity index (χ4n) is 2.65. The number of rotatable bonds is 8. The van der Waals surface area contributed by atoms with E-state index in [2.05, 4.69) is 29.4 Å². The summed E-state index contributed by atoms with van der Waals surface area (Å²) in [7, 11) is 1.64. The Morgan fingerprint density at radius 2 is 1.91 bits per heavy atom. The van der Waals surface area contributed by atoms with Gasteiger partial charge in [0.25, 0.3) is 0 Å². The topological polar surface area (TPSA) is 70.7 Å². The first kappa shape index (κ1) is 18.5. The first-order valence-corrected chi connectivity index (χ1v) is 8.11. The highest BCUT2D eigenvalue weighted by molar-refractivity contribution is 5.79. The third kappa shape index (κ3) is 6.05. The molecule has 1 aliphatic rings. The van der Waals surface area contributed by atoms with Crippen molar-refractivity contribution in [3.05, 3.63) is 12.2 Å². The van der Waals surface area contributed by atoms with Gasteiger partial charge in [0.2, 0.25) is 5.91 Å². The fraction of sp³-hybridized carbons (Fsp3) is 0.750. The number of likely N-dealkylation sites (N-methyl/N-ethyl adjacent to an activating group) is 1. The van der Waals surface area contributed by atoms with E-state index in [-0.39, 0.29) is 24.3 Å². The maximum absolute atomic E-state index is 11.8. The van der Waals surface area contributed by atoms with Gasteiger partial charge in [-0.15, -0.1) is 0 Å². The number of carbonyl (C=O) groups is 2. The van der Waals surface area contributed by atoms with Crippen LogP contribution in [0.3, 0.4) is 0 Å². The second-order valence-corrected chi connectivity index (χ2v) is 5.48. The summed E-state index contributed by atoms with van der Waals surface area (Å²) in [5, 5.41) is 5.44. The number of carbonyl (C=O) groups excluding carboxylic acids is 2. The SMILES string of the molecule is CCN(CC)CCNC(=O)OCC1CC=CCC1C(=O)NC. The normalized spacial score (nSPS) is 20.7. The molecule has 126 valence electrons. The highest BCUT2D eigenvalue weighted by atomic mass is 16.5. The molecule has 0 radical (unpaired) electrons. The molecular formula is C16H29N3O3. The van der Waals surface area contributed by atoms with E-state index in [1.165, 1.54) is 0 Å². The van der Waals surface area contributed by atoms with Gasteiger partial charge in [-0.3, -0.25) is 4.79 Å². The molecule has 2 unspecified atom stereocenters. The molecule has 0 aliphatic heterocycles. The van der Waals surface area contributed by atoms with E-state index in [0.29, 0.717) is 13.0 Å². The quantitative estimate of drug-likeness (QED) is 0.665. The molecule has 0 bridgehead atoms. The molecule has 6 heteroatoms. The molecule has 2 N–H and O–H groups in total. The van der Waals surface area contributed by atoms with Crippen molar-refractivity contribution in [2.75, 3.05) is 39.8 Å². The van der Waals surface area contributed by atoms with Gasteiger partial charge in [0.15, 0.2) is 0 Å². The highest BCUT2D eigenvalue weighted by Gasteiger charge is 2.29. The molecule has 0 saturated heterocycles. The van der Waals surface area contributed by atoms with E-state index < -0.39 is 6.09 Å². The van der Waals surface area contributed by atoms with Crippen molar-refractivity contribution in [3.8, 4) is 0 Å². The molecule has 0 aromatic rings. The average Bonchev–Trinajstić information content (AvgIpc) is 2.56.